The van der Waals surface area contributed by atoms with Crippen LogP contribution in [0.1, 0.15) is 56.1 Å². The molecule has 204 valence electrons. The molecule has 0 saturated carbocycles. The third kappa shape index (κ3) is 4.74. The molecule has 0 aliphatic carbocycles. The standard InChI is InChI=1S/C28H32N6O4S/c1-15-5-7-21(16-6-8-22-20(9-16)31-26(39-22)19-13-33(4)14-28(19,2)3)34(12-15)27(37)24(36)30-17-10-18-23(35)32-38-25(18)29-11-17/h6,8-11,15,19,21H,5,7,12-14H2,1-4H3,(H,30,36)(H,32,35)/t15-,19?,21+/m0/s1. The molecule has 3 aromatic heterocycles. The van der Waals surface area contributed by atoms with Gasteiger partial charge in [-0.25, -0.2) is 9.97 Å². The van der Waals surface area contributed by atoms with Crippen LogP contribution in [-0.2, 0) is 9.59 Å². The van der Waals surface area contributed by atoms with Gasteiger partial charge in [0.05, 0.1) is 33.2 Å². The van der Waals surface area contributed by atoms with Crippen molar-refractivity contribution in [2.45, 2.75) is 45.6 Å². The minimum Gasteiger partial charge on any atom is -0.358 e. The quantitative estimate of drug-likeness (QED) is 0.369. The van der Waals surface area contributed by atoms with Gasteiger partial charge in [0.15, 0.2) is 0 Å². The highest BCUT2D eigenvalue weighted by atomic mass is 32.1. The molecular formula is C28H32N6O4S. The second-order valence-electron chi connectivity index (χ2n) is 11.7. The van der Waals surface area contributed by atoms with Crippen molar-refractivity contribution in [3.8, 4) is 0 Å². The molecule has 2 amide bonds. The SMILES string of the molecule is C[C@H]1CC[C@H](c2ccc3sc(C4CN(C)CC4(C)C)nc3c2)N(C(=O)C(=O)Nc2cnc3o[nH]c(=O)c3c2)C1. The number of likely N-dealkylation sites (tertiary alicyclic amines) is 2. The van der Waals surface area contributed by atoms with Crippen LogP contribution in [0, 0.1) is 11.3 Å². The van der Waals surface area contributed by atoms with Gasteiger partial charge < -0.3 is 19.6 Å². The zero-order chi connectivity index (χ0) is 27.5. The number of nitrogens with one attached hydrogen (secondary N) is 2. The van der Waals surface area contributed by atoms with Crippen molar-refractivity contribution in [1.29, 1.82) is 0 Å². The molecule has 0 spiro atoms. The number of likely N-dealkylation sites (N-methyl/N-ethyl adjacent to an activating group) is 1. The van der Waals surface area contributed by atoms with Crippen LogP contribution in [0.15, 0.2) is 39.8 Å². The van der Waals surface area contributed by atoms with E-state index >= 15 is 0 Å². The number of aromatic nitrogens is 3. The number of carbonyl (C=O) groups is 2. The number of nitrogens with zero attached hydrogens (tertiary/aromatic N) is 4. The number of benzene rings is 1. The van der Waals surface area contributed by atoms with Crippen LogP contribution in [0.5, 0.6) is 0 Å². The molecule has 2 fully saturated rings. The Balaban J connectivity index is 1.25. The predicted octanol–water partition coefficient (Wildman–Crippen LogP) is 4.12. The van der Waals surface area contributed by atoms with Gasteiger partial charge in [-0.05, 0) is 55.0 Å². The number of anilines is 1. The number of amides is 2. The summed E-state index contributed by atoms with van der Waals surface area (Å²) in [5.74, 6) is -0.717. The first kappa shape index (κ1) is 25.7. The second-order valence-corrected chi connectivity index (χ2v) is 12.8. The Morgan fingerprint density at radius 2 is 2.03 bits per heavy atom. The van der Waals surface area contributed by atoms with E-state index in [2.05, 4.69) is 66.4 Å². The molecule has 5 heterocycles. The number of carbonyl (C=O) groups excluding carboxylic acids is 2. The van der Waals surface area contributed by atoms with Crippen molar-refractivity contribution < 1.29 is 14.1 Å². The largest absolute Gasteiger partial charge is 0.358 e. The minimum absolute atomic E-state index is 0.137. The summed E-state index contributed by atoms with van der Waals surface area (Å²) in [5.41, 5.74) is 2.03. The van der Waals surface area contributed by atoms with Crippen molar-refractivity contribution >= 4 is 50.2 Å². The maximum Gasteiger partial charge on any atom is 0.313 e. The van der Waals surface area contributed by atoms with Crippen LogP contribution >= 0.6 is 11.3 Å². The molecule has 2 saturated heterocycles. The Hall–Kier alpha value is -3.57. The smallest absolute Gasteiger partial charge is 0.313 e. The summed E-state index contributed by atoms with van der Waals surface area (Å²) in [5, 5.41) is 6.18. The van der Waals surface area contributed by atoms with Gasteiger partial charge in [0.2, 0.25) is 0 Å². The van der Waals surface area contributed by atoms with E-state index in [9.17, 15) is 14.4 Å². The highest BCUT2D eigenvalue weighted by Crippen LogP contribution is 2.44. The van der Waals surface area contributed by atoms with E-state index in [1.165, 1.54) is 12.3 Å². The van der Waals surface area contributed by atoms with E-state index in [0.717, 1.165) is 46.7 Å². The fraction of sp³-hybridized carbons (Fsp3) is 0.464. The van der Waals surface area contributed by atoms with Crippen LogP contribution in [0.25, 0.3) is 21.3 Å². The zero-order valence-corrected chi connectivity index (χ0v) is 23.3. The topological polar surface area (TPSA) is 124 Å². The van der Waals surface area contributed by atoms with E-state index in [4.69, 9.17) is 9.51 Å². The fourth-order valence-electron chi connectivity index (χ4n) is 6.11. The molecule has 11 heteroatoms. The van der Waals surface area contributed by atoms with Crippen LogP contribution in [0.2, 0.25) is 0 Å². The van der Waals surface area contributed by atoms with E-state index in [1.54, 1.807) is 16.2 Å². The van der Waals surface area contributed by atoms with Gasteiger partial charge in [0.1, 0.15) is 5.39 Å². The maximum atomic E-state index is 13.4. The van der Waals surface area contributed by atoms with Gasteiger partial charge in [-0.1, -0.05) is 26.8 Å². The first-order valence-electron chi connectivity index (χ1n) is 13.3. The summed E-state index contributed by atoms with van der Waals surface area (Å²) >= 11 is 1.75. The van der Waals surface area contributed by atoms with Crippen molar-refractivity contribution in [2.75, 3.05) is 32.0 Å². The first-order valence-corrected chi connectivity index (χ1v) is 14.1. The third-order valence-corrected chi connectivity index (χ3v) is 9.24. The lowest BCUT2D eigenvalue weighted by Crippen LogP contribution is -2.46. The molecule has 10 nitrogen and oxygen atoms in total. The molecule has 1 unspecified atom stereocenters. The van der Waals surface area contributed by atoms with Crippen LogP contribution in [0.4, 0.5) is 5.69 Å². The van der Waals surface area contributed by atoms with Crippen LogP contribution < -0.4 is 10.9 Å². The zero-order valence-electron chi connectivity index (χ0n) is 22.5. The summed E-state index contributed by atoms with van der Waals surface area (Å²) in [4.78, 5) is 51.5. The van der Waals surface area contributed by atoms with E-state index < -0.39 is 17.4 Å². The monoisotopic (exact) mass is 548 g/mol. The second kappa shape index (κ2) is 9.56. The lowest BCUT2D eigenvalue weighted by molar-refractivity contribution is -0.146. The summed E-state index contributed by atoms with van der Waals surface area (Å²) < 4.78 is 6.09. The molecule has 2 aliphatic heterocycles. The van der Waals surface area contributed by atoms with Crippen molar-refractivity contribution in [2.24, 2.45) is 11.3 Å². The molecule has 0 bridgehead atoms. The fourth-order valence-corrected chi connectivity index (χ4v) is 7.36. The number of fused-ring (bicyclic) bond motifs is 2. The molecular weight excluding hydrogens is 516 g/mol. The summed E-state index contributed by atoms with van der Waals surface area (Å²) in [7, 11) is 2.16. The van der Waals surface area contributed by atoms with Crippen LogP contribution in [0.3, 0.4) is 0 Å². The molecule has 4 aromatic rings. The Labute approximate surface area is 229 Å². The lowest BCUT2D eigenvalue weighted by atomic mass is 9.82. The van der Waals surface area contributed by atoms with Gasteiger partial charge in [-0.15, -0.1) is 11.3 Å². The molecule has 2 aliphatic rings. The third-order valence-electron chi connectivity index (χ3n) is 8.09. The molecule has 2 N–H and O–H groups in total. The summed E-state index contributed by atoms with van der Waals surface area (Å²) in [6.07, 6.45) is 3.08. The number of pyridine rings is 1. The molecule has 3 atom stereocenters. The number of thiazole rings is 1. The van der Waals surface area contributed by atoms with E-state index in [1.807, 2.05) is 0 Å². The average molecular weight is 549 g/mol. The van der Waals surface area contributed by atoms with Gasteiger partial charge >= 0.3 is 11.8 Å². The number of hydrogen-bond donors (Lipinski definition) is 2. The molecule has 39 heavy (non-hydrogen) atoms. The number of aromatic amines is 1. The van der Waals surface area contributed by atoms with E-state index in [-0.39, 0.29) is 34.2 Å². The Kier molecular flexibility index (Phi) is 6.30. The van der Waals surface area contributed by atoms with E-state index in [0.29, 0.717) is 12.5 Å². The number of H-pyrrole nitrogens is 1. The van der Waals surface area contributed by atoms with Crippen molar-refractivity contribution in [1.82, 2.24) is 24.9 Å². The lowest BCUT2D eigenvalue weighted by Gasteiger charge is -2.38. The Bertz CT molecular complexity index is 1640. The molecule has 1 aromatic carbocycles. The van der Waals surface area contributed by atoms with Crippen molar-refractivity contribution in [3.63, 3.8) is 0 Å². The molecule has 6 rings (SSSR count). The predicted molar refractivity (Wildman–Crippen MR) is 150 cm³/mol. The van der Waals surface area contributed by atoms with Gasteiger partial charge in [0, 0.05) is 25.6 Å². The highest BCUT2D eigenvalue weighted by molar-refractivity contribution is 7.18. The number of hydrogen-bond acceptors (Lipinski definition) is 8. The van der Waals surface area contributed by atoms with Crippen LogP contribution in [-0.4, -0.2) is 63.4 Å². The average Bonchev–Trinajstić information content (AvgIpc) is 3.56. The van der Waals surface area contributed by atoms with Gasteiger partial charge in [0.25, 0.3) is 11.3 Å². The minimum atomic E-state index is -0.764. The van der Waals surface area contributed by atoms with Gasteiger partial charge in [-0.3, -0.25) is 14.4 Å². The number of piperidine rings is 1. The van der Waals surface area contributed by atoms with Crippen molar-refractivity contribution in [3.05, 3.63) is 51.4 Å². The molecule has 0 radical (unpaired) electrons. The van der Waals surface area contributed by atoms with Gasteiger partial charge in [-0.2, -0.15) is 5.16 Å². The number of rotatable bonds is 3. The highest BCUT2D eigenvalue weighted by Gasteiger charge is 2.40. The normalized spacial score (nSPS) is 23.5. The summed E-state index contributed by atoms with van der Waals surface area (Å²) in [6.45, 7) is 9.22. The summed E-state index contributed by atoms with van der Waals surface area (Å²) in [6, 6.07) is 7.48. The Morgan fingerprint density at radius 1 is 1.21 bits per heavy atom. The maximum absolute atomic E-state index is 13.4. The Morgan fingerprint density at radius 3 is 2.79 bits per heavy atom. The first-order chi connectivity index (χ1) is 18.6.